The summed E-state index contributed by atoms with van der Waals surface area (Å²) in [5, 5.41) is 0. The molecule has 0 bridgehead atoms. The third kappa shape index (κ3) is 6.81. The van der Waals surface area contributed by atoms with Crippen LogP contribution in [0, 0.1) is 10.8 Å². The molecular weight excluding hydrogens is 390 g/mol. The van der Waals surface area contributed by atoms with Gasteiger partial charge in [-0.3, -0.25) is 0 Å². The fraction of sp³-hybridized carbons (Fsp3) is 0.857. The lowest BCUT2D eigenvalue weighted by molar-refractivity contribution is 0.0499. The van der Waals surface area contributed by atoms with Crippen molar-refractivity contribution in [2.24, 2.45) is 10.8 Å². The van der Waals surface area contributed by atoms with E-state index in [0.717, 1.165) is 0 Å². The minimum atomic E-state index is -3.04. The normalized spacial score (nSPS) is 28.0. The molecule has 24 heavy (non-hydrogen) atoms. The first-order valence-electron chi connectivity index (χ1n) is 7.76. The molecule has 6 nitrogen and oxygen atoms in total. The lowest BCUT2D eigenvalue weighted by Crippen LogP contribution is -2.28. The summed E-state index contributed by atoms with van der Waals surface area (Å²) >= 11 is 2.34. The standard InChI is InChI=1S/C14H26O6P2S2/c1-13(2)9-17-21(15,18-10-13)23-7-5-6-8-24-22(16)19-11-14(3,4)12-20-22/h5-6H,7-12H2,1-4H3. The van der Waals surface area contributed by atoms with Crippen LogP contribution < -0.4 is 0 Å². The summed E-state index contributed by atoms with van der Waals surface area (Å²) in [6.07, 6.45) is 3.73. The predicted octanol–water partition coefficient (Wildman–Crippen LogP) is 5.37. The average Bonchev–Trinajstić information content (AvgIpc) is 2.50. The molecule has 0 spiro atoms. The van der Waals surface area contributed by atoms with Crippen molar-refractivity contribution >= 4 is 36.4 Å². The maximum Gasteiger partial charge on any atom is 0.389 e. The molecule has 10 heteroatoms. The van der Waals surface area contributed by atoms with E-state index in [1.807, 2.05) is 39.8 Å². The van der Waals surface area contributed by atoms with Gasteiger partial charge in [0, 0.05) is 22.3 Å². The Labute approximate surface area is 152 Å². The van der Waals surface area contributed by atoms with Crippen LogP contribution in [0.15, 0.2) is 12.2 Å². The van der Waals surface area contributed by atoms with Gasteiger partial charge in [0.05, 0.1) is 26.4 Å². The molecule has 0 aromatic rings. The lowest BCUT2D eigenvalue weighted by atomic mass is 9.97. The van der Waals surface area contributed by atoms with Crippen LogP contribution in [0.25, 0.3) is 0 Å². The van der Waals surface area contributed by atoms with Gasteiger partial charge in [-0.15, -0.1) is 0 Å². The third-order valence-electron chi connectivity index (χ3n) is 3.28. The highest BCUT2D eigenvalue weighted by Gasteiger charge is 2.37. The molecule has 0 aliphatic carbocycles. The van der Waals surface area contributed by atoms with E-state index in [9.17, 15) is 9.13 Å². The van der Waals surface area contributed by atoms with Crippen LogP contribution in [0.3, 0.4) is 0 Å². The molecule has 0 saturated carbocycles. The molecule has 2 rings (SSSR count). The van der Waals surface area contributed by atoms with E-state index >= 15 is 0 Å². The summed E-state index contributed by atoms with van der Waals surface area (Å²) in [7, 11) is 0. The summed E-state index contributed by atoms with van der Waals surface area (Å²) in [6, 6.07) is 0. The van der Waals surface area contributed by atoms with E-state index in [1.54, 1.807) is 0 Å². The first-order chi connectivity index (χ1) is 11.0. The molecule has 0 unspecified atom stereocenters. The van der Waals surface area contributed by atoms with Gasteiger partial charge in [0.25, 0.3) is 0 Å². The molecular formula is C14H26O6P2S2. The highest BCUT2D eigenvalue weighted by atomic mass is 32.7. The fourth-order valence-electron chi connectivity index (χ4n) is 1.73. The van der Waals surface area contributed by atoms with Crippen molar-refractivity contribution in [3.05, 3.63) is 12.2 Å². The number of rotatable bonds is 6. The highest BCUT2D eigenvalue weighted by Crippen LogP contribution is 2.65. The summed E-state index contributed by atoms with van der Waals surface area (Å²) in [5.41, 5.74) is -0.191. The molecule has 0 aromatic heterocycles. The highest BCUT2D eigenvalue weighted by molar-refractivity contribution is 8.55. The minimum absolute atomic E-state index is 0.0956. The first kappa shape index (κ1) is 21.0. The monoisotopic (exact) mass is 416 g/mol. The minimum Gasteiger partial charge on any atom is -0.300 e. The van der Waals surface area contributed by atoms with E-state index in [2.05, 4.69) is 0 Å². The molecule has 2 fully saturated rings. The summed E-state index contributed by atoms with van der Waals surface area (Å²) in [4.78, 5) is 0. The van der Waals surface area contributed by atoms with E-state index in [-0.39, 0.29) is 10.8 Å². The van der Waals surface area contributed by atoms with E-state index < -0.39 is 13.6 Å². The lowest BCUT2D eigenvalue weighted by Gasteiger charge is -2.33. The van der Waals surface area contributed by atoms with Crippen LogP contribution in [-0.2, 0) is 27.2 Å². The second-order valence-corrected chi connectivity index (χ2v) is 15.6. The Morgan fingerprint density at radius 2 is 1.04 bits per heavy atom. The van der Waals surface area contributed by atoms with Crippen molar-refractivity contribution in [3.8, 4) is 0 Å². The number of hydrogen-bond acceptors (Lipinski definition) is 8. The van der Waals surface area contributed by atoms with Gasteiger partial charge >= 0.3 is 13.6 Å². The largest absolute Gasteiger partial charge is 0.389 e. The van der Waals surface area contributed by atoms with Crippen molar-refractivity contribution < 1.29 is 27.2 Å². The molecule has 2 heterocycles. The van der Waals surface area contributed by atoms with Crippen LogP contribution in [0.5, 0.6) is 0 Å². The van der Waals surface area contributed by atoms with Gasteiger partial charge in [0.2, 0.25) is 0 Å². The Morgan fingerprint density at radius 1 is 0.750 bits per heavy atom. The zero-order valence-corrected chi connectivity index (χ0v) is 18.0. The SMILES string of the molecule is CC1(C)COP(=O)(SCC=CCSP2(=O)OCC(C)(C)CO2)OC1. The Morgan fingerprint density at radius 3 is 1.33 bits per heavy atom. The molecule has 0 N–H and O–H groups in total. The maximum atomic E-state index is 12.3. The molecule has 0 aromatic carbocycles. The first-order valence-corrected chi connectivity index (χ1v) is 14.0. The predicted molar refractivity (Wildman–Crippen MR) is 101 cm³/mol. The van der Waals surface area contributed by atoms with E-state index in [0.29, 0.717) is 37.9 Å². The van der Waals surface area contributed by atoms with Gasteiger partial charge in [0.1, 0.15) is 0 Å². The van der Waals surface area contributed by atoms with Crippen LogP contribution >= 0.6 is 36.4 Å². The fourth-order valence-corrected chi connectivity index (χ4v) is 8.15. The van der Waals surface area contributed by atoms with Crippen molar-refractivity contribution in [3.63, 3.8) is 0 Å². The molecule has 2 saturated heterocycles. The smallest absolute Gasteiger partial charge is 0.300 e. The van der Waals surface area contributed by atoms with E-state index in [4.69, 9.17) is 18.1 Å². The molecule has 0 amide bonds. The van der Waals surface area contributed by atoms with Crippen LogP contribution in [0.2, 0.25) is 0 Å². The Kier molecular flexibility index (Phi) is 7.17. The zero-order valence-electron chi connectivity index (χ0n) is 14.6. The molecule has 0 atom stereocenters. The van der Waals surface area contributed by atoms with Gasteiger partial charge < -0.3 is 18.1 Å². The average molecular weight is 416 g/mol. The van der Waals surface area contributed by atoms with E-state index in [1.165, 1.54) is 22.8 Å². The van der Waals surface area contributed by atoms with Gasteiger partial charge in [0.15, 0.2) is 0 Å². The maximum absolute atomic E-state index is 12.3. The van der Waals surface area contributed by atoms with Gasteiger partial charge in [-0.1, -0.05) is 39.8 Å². The van der Waals surface area contributed by atoms with Gasteiger partial charge in [-0.25, -0.2) is 9.13 Å². The number of hydrogen-bond donors (Lipinski definition) is 0. The van der Waals surface area contributed by atoms with Gasteiger partial charge in [-0.05, 0) is 22.8 Å². The quantitative estimate of drug-likeness (QED) is 0.423. The third-order valence-corrected chi connectivity index (χ3v) is 10.4. The van der Waals surface area contributed by atoms with Crippen molar-refractivity contribution in [2.75, 3.05) is 37.9 Å². The van der Waals surface area contributed by atoms with Crippen LogP contribution in [0.4, 0.5) is 0 Å². The summed E-state index contributed by atoms with van der Waals surface area (Å²) in [5.74, 6) is 1.02. The summed E-state index contributed by atoms with van der Waals surface area (Å²) in [6.45, 7) is 3.70. The molecule has 2 aliphatic rings. The van der Waals surface area contributed by atoms with Crippen LogP contribution in [0.1, 0.15) is 27.7 Å². The van der Waals surface area contributed by atoms with Crippen LogP contribution in [-0.4, -0.2) is 37.9 Å². The Hall–Kier alpha value is 0.740. The second-order valence-electron chi connectivity index (χ2n) is 7.38. The molecule has 140 valence electrons. The summed E-state index contributed by atoms with van der Waals surface area (Å²) < 4.78 is 46.2. The van der Waals surface area contributed by atoms with Crippen molar-refractivity contribution in [1.82, 2.24) is 0 Å². The molecule has 2 aliphatic heterocycles. The zero-order chi connectivity index (χ0) is 17.9. The van der Waals surface area contributed by atoms with Gasteiger partial charge in [-0.2, -0.15) is 0 Å². The molecule has 0 radical (unpaired) electrons. The Balaban J connectivity index is 1.65. The topological polar surface area (TPSA) is 71.1 Å². The van der Waals surface area contributed by atoms with Crippen molar-refractivity contribution in [1.29, 1.82) is 0 Å². The van der Waals surface area contributed by atoms with Crippen molar-refractivity contribution in [2.45, 2.75) is 27.7 Å². The Bertz CT molecular complexity index is 487. The second kappa shape index (κ2) is 8.18.